The van der Waals surface area contributed by atoms with E-state index in [0.29, 0.717) is 20.6 Å². The Hall–Kier alpha value is -2.71. The van der Waals surface area contributed by atoms with Gasteiger partial charge in [0.2, 0.25) is 0 Å². The smallest absolute Gasteiger partial charge is 0.338 e. The molecule has 0 spiro atoms. The number of carbonyl (C=O) groups excluding carboxylic acids is 1. The third-order valence-electron chi connectivity index (χ3n) is 4.50. The number of hydrogen-bond acceptors (Lipinski definition) is 6. The minimum atomic E-state index is -0.524. The van der Waals surface area contributed by atoms with Crippen LogP contribution in [0.1, 0.15) is 23.5 Å². The van der Waals surface area contributed by atoms with Gasteiger partial charge in [0.05, 0.1) is 22.9 Å². The second kappa shape index (κ2) is 6.79. The van der Waals surface area contributed by atoms with Crippen LogP contribution < -0.4 is 14.9 Å². The summed E-state index contributed by atoms with van der Waals surface area (Å²) in [6.45, 7) is 1.78. The minimum absolute atomic E-state index is 0.160. The standard InChI is InChI=1S/C19H17N3O3S2/c1-11-15(18(24)25-3)16(13-7-5-9-26-13)22-17(23)14(27-19(22)20-11)10-12-6-4-8-21(12)2/h4-10,16H,1-3H3/b14-10+. The molecule has 0 aromatic carbocycles. The Morgan fingerprint density at radius 3 is 2.78 bits per heavy atom. The molecular weight excluding hydrogens is 382 g/mol. The van der Waals surface area contributed by atoms with E-state index in [9.17, 15) is 9.59 Å². The lowest BCUT2D eigenvalue weighted by atomic mass is 10.0. The quantitative estimate of drug-likeness (QED) is 0.631. The van der Waals surface area contributed by atoms with Crippen molar-refractivity contribution in [1.29, 1.82) is 0 Å². The molecule has 6 nitrogen and oxygen atoms in total. The molecular formula is C19H17N3O3S2. The minimum Gasteiger partial charge on any atom is -0.466 e. The van der Waals surface area contributed by atoms with Crippen LogP contribution in [-0.2, 0) is 16.6 Å². The highest BCUT2D eigenvalue weighted by atomic mass is 32.1. The van der Waals surface area contributed by atoms with Crippen molar-refractivity contribution in [3.05, 3.63) is 77.4 Å². The monoisotopic (exact) mass is 399 g/mol. The lowest BCUT2D eigenvalue weighted by molar-refractivity contribution is -0.136. The maximum absolute atomic E-state index is 13.2. The number of esters is 1. The second-order valence-corrected chi connectivity index (χ2v) is 8.12. The maximum atomic E-state index is 13.2. The number of hydrogen-bond donors (Lipinski definition) is 0. The zero-order chi connectivity index (χ0) is 19.1. The fourth-order valence-electron chi connectivity index (χ4n) is 3.17. The molecule has 0 aliphatic carbocycles. The molecule has 0 radical (unpaired) electrons. The molecule has 1 unspecified atom stereocenters. The molecule has 1 aliphatic rings. The summed E-state index contributed by atoms with van der Waals surface area (Å²) in [6.07, 6.45) is 3.78. The van der Waals surface area contributed by atoms with Crippen LogP contribution in [0.4, 0.5) is 0 Å². The first-order valence-corrected chi connectivity index (χ1v) is 9.96. The summed E-state index contributed by atoms with van der Waals surface area (Å²) >= 11 is 2.83. The molecule has 4 heterocycles. The van der Waals surface area contributed by atoms with Gasteiger partial charge in [-0.2, -0.15) is 0 Å². The summed E-state index contributed by atoms with van der Waals surface area (Å²) in [4.78, 5) is 31.7. The summed E-state index contributed by atoms with van der Waals surface area (Å²) in [5.74, 6) is -0.466. The predicted octanol–water partition coefficient (Wildman–Crippen LogP) is 1.81. The molecule has 138 valence electrons. The van der Waals surface area contributed by atoms with Gasteiger partial charge in [-0.25, -0.2) is 9.79 Å². The number of thiazole rings is 1. The molecule has 4 rings (SSSR count). The zero-order valence-electron chi connectivity index (χ0n) is 15.0. The number of methoxy groups -OCH3 is 1. The van der Waals surface area contributed by atoms with Crippen molar-refractivity contribution in [2.45, 2.75) is 13.0 Å². The van der Waals surface area contributed by atoms with Crippen LogP contribution in [-0.4, -0.2) is 22.2 Å². The Balaban J connectivity index is 2.00. The van der Waals surface area contributed by atoms with E-state index in [1.165, 1.54) is 29.8 Å². The van der Waals surface area contributed by atoms with Crippen molar-refractivity contribution in [2.75, 3.05) is 7.11 Å². The van der Waals surface area contributed by atoms with Gasteiger partial charge in [-0.1, -0.05) is 17.4 Å². The molecule has 27 heavy (non-hydrogen) atoms. The number of ether oxygens (including phenoxy) is 1. The van der Waals surface area contributed by atoms with Crippen LogP contribution in [0.3, 0.4) is 0 Å². The van der Waals surface area contributed by atoms with Crippen LogP contribution in [0.5, 0.6) is 0 Å². The highest BCUT2D eigenvalue weighted by molar-refractivity contribution is 7.10. The fourth-order valence-corrected chi connectivity index (χ4v) is 5.02. The van der Waals surface area contributed by atoms with Crippen molar-refractivity contribution >= 4 is 34.7 Å². The van der Waals surface area contributed by atoms with Crippen molar-refractivity contribution < 1.29 is 9.53 Å². The second-order valence-electron chi connectivity index (χ2n) is 6.13. The number of aryl methyl sites for hydroxylation is 1. The lowest BCUT2D eigenvalue weighted by Gasteiger charge is -2.22. The average molecular weight is 399 g/mol. The van der Waals surface area contributed by atoms with Gasteiger partial charge in [0.1, 0.15) is 6.04 Å². The zero-order valence-corrected chi connectivity index (χ0v) is 16.6. The van der Waals surface area contributed by atoms with Crippen LogP contribution in [0.2, 0.25) is 0 Å². The largest absolute Gasteiger partial charge is 0.466 e. The Morgan fingerprint density at radius 1 is 1.33 bits per heavy atom. The van der Waals surface area contributed by atoms with Crippen molar-refractivity contribution in [1.82, 2.24) is 9.13 Å². The average Bonchev–Trinajstić information content (AvgIpc) is 3.37. The molecule has 0 saturated heterocycles. The topological polar surface area (TPSA) is 65.6 Å². The van der Waals surface area contributed by atoms with E-state index in [1.807, 2.05) is 53.5 Å². The van der Waals surface area contributed by atoms with Crippen molar-refractivity contribution in [3.8, 4) is 0 Å². The molecule has 0 fully saturated rings. The summed E-state index contributed by atoms with van der Waals surface area (Å²) in [6, 6.07) is 7.18. The lowest BCUT2D eigenvalue weighted by Crippen LogP contribution is -2.39. The van der Waals surface area contributed by atoms with Crippen molar-refractivity contribution in [3.63, 3.8) is 0 Å². The van der Waals surface area contributed by atoms with E-state index in [0.717, 1.165) is 10.6 Å². The first-order valence-electron chi connectivity index (χ1n) is 8.27. The molecule has 8 heteroatoms. The summed E-state index contributed by atoms with van der Waals surface area (Å²) in [7, 11) is 3.27. The third-order valence-corrected chi connectivity index (χ3v) is 6.41. The number of thiophene rings is 1. The van der Waals surface area contributed by atoms with Crippen LogP contribution in [0.25, 0.3) is 6.08 Å². The summed E-state index contributed by atoms with van der Waals surface area (Å²) in [5.41, 5.74) is 1.74. The predicted molar refractivity (Wildman–Crippen MR) is 106 cm³/mol. The number of fused-ring (bicyclic) bond motifs is 1. The Labute approximate surface area is 163 Å². The SMILES string of the molecule is COC(=O)C1=C(C)N=c2s/c(=C/c3cccn3C)c(=O)n2C1c1cccs1. The van der Waals surface area contributed by atoms with Gasteiger partial charge in [-0.3, -0.25) is 9.36 Å². The molecule has 1 aliphatic heterocycles. The van der Waals surface area contributed by atoms with Gasteiger partial charge in [0.15, 0.2) is 4.80 Å². The highest BCUT2D eigenvalue weighted by Gasteiger charge is 2.33. The first kappa shape index (κ1) is 17.7. The van der Waals surface area contributed by atoms with Gasteiger partial charge in [0, 0.05) is 23.8 Å². The van der Waals surface area contributed by atoms with Crippen molar-refractivity contribution in [2.24, 2.45) is 12.0 Å². The van der Waals surface area contributed by atoms with Gasteiger partial charge in [0.25, 0.3) is 5.56 Å². The van der Waals surface area contributed by atoms with Crippen LogP contribution in [0, 0.1) is 0 Å². The normalized spacial score (nSPS) is 17.0. The van der Waals surface area contributed by atoms with Gasteiger partial charge in [-0.05, 0) is 36.6 Å². The maximum Gasteiger partial charge on any atom is 0.338 e. The number of carbonyl (C=O) groups is 1. The fraction of sp³-hybridized carbons (Fsp3) is 0.211. The Bertz CT molecular complexity index is 1230. The number of aromatic nitrogens is 2. The van der Waals surface area contributed by atoms with Gasteiger partial charge < -0.3 is 9.30 Å². The molecule has 3 aromatic rings. The first-order chi connectivity index (χ1) is 13.0. The van der Waals surface area contributed by atoms with E-state index in [1.54, 1.807) is 11.5 Å². The summed E-state index contributed by atoms with van der Waals surface area (Å²) < 4.78 is 9.10. The van der Waals surface area contributed by atoms with Gasteiger partial charge >= 0.3 is 5.97 Å². The Morgan fingerprint density at radius 2 is 2.15 bits per heavy atom. The molecule has 0 saturated carbocycles. The molecule has 1 atom stereocenters. The van der Waals surface area contributed by atoms with E-state index in [4.69, 9.17) is 4.74 Å². The van der Waals surface area contributed by atoms with E-state index >= 15 is 0 Å². The van der Waals surface area contributed by atoms with E-state index in [2.05, 4.69) is 4.99 Å². The number of allylic oxidation sites excluding steroid dienone is 1. The molecule has 0 amide bonds. The van der Waals surface area contributed by atoms with Crippen LogP contribution in [0.15, 0.2) is 56.9 Å². The Kier molecular flexibility index (Phi) is 4.45. The molecule has 0 bridgehead atoms. The number of rotatable bonds is 3. The highest BCUT2D eigenvalue weighted by Crippen LogP contribution is 2.32. The molecule has 0 N–H and O–H groups in total. The molecule has 3 aromatic heterocycles. The van der Waals surface area contributed by atoms with Crippen LogP contribution >= 0.6 is 22.7 Å². The van der Waals surface area contributed by atoms with E-state index in [-0.39, 0.29) is 5.56 Å². The summed E-state index contributed by atoms with van der Waals surface area (Å²) in [5, 5.41) is 1.93. The number of nitrogens with zero attached hydrogens (tertiary/aromatic N) is 3. The van der Waals surface area contributed by atoms with E-state index < -0.39 is 12.0 Å². The van der Waals surface area contributed by atoms with Gasteiger partial charge in [-0.15, -0.1) is 11.3 Å². The third kappa shape index (κ3) is 2.90.